The molecule has 0 aliphatic rings. The van der Waals surface area contributed by atoms with Gasteiger partial charge < -0.3 is 14.7 Å². The van der Waals surface area contributed by atoms with Crippen LogP contribution in [0.2, 0.25) is 0 Å². The van der Waals surface area contributed by atoms with E-state index in [9.17, 15) is 19.1 Å². The minimum Gasteiger partial charge on any atom is -0.469 e. The van der Waals surface area contributed by atoms with Gasteiger partial charge in [0, 0.05) is 6.54 Å². The van der Waals surface area contributed by atoms with Crippen molar-refractivity contribution < 1.29 is 23.8 Å². The SMILES string of the molecule is CCC(CO)N(CCC(=O)OC)C(=O)c1ccccc1F. The number of methoxy groups -OCH3 is 1. The lowest BCUT2D eigenvalue weighted by molar-refractivity contribution is -0.140. The Kier molecular flexibility index (Phi) is 6.81. The first-order valence-electron chi connectivity index (χ1n) is 6.78. The van der Waals surface area contributed by atoms with E-state index in [0.717, 1.165) is 0 Å². The second kappa shape index (κ2) is 8.36. The standard InChI is InChI=1S/C15H20FNO4/c1-3-11(10-18)17(9-8-14(19)21-2)15(20)12-6-4-5-7-13(12)16/h4-7,11,18H,3,8-10H2,1-2H3. The van der Waals surface area contributed by atoms with Crippen molar-refractivity contribution in [2.45, 2.75) is 25.8 Å². The topological polar surface area (TPSA) is 66.8 Å². The summed E-state index contributed by atoms with van der Waals surface area (Å²) >= 11 is 0. The Bertz CT molecular complexity index is 488. The molecule has 0 aromatic heterocycles. The Balaban J connectivity index is 2.97. The first kappa shape index (κ1) is 17.1. The van der Waals surface area contributed by atoms with Crippen LogP contribution in [0, 0.1) is 5.82 Å². The average molecular weight is 297 g/mol. The van der Waals surface area contributed by atoms with Crippen LogP contribution in [0.15, 0.2) is 24.3 Å². The van der Waals surface area contributed by atoms with Gasteiger partial charge in [-0.1, -0.05) is 19.1 Å². The Hall–Kier alpha value is -1.95. The third kappa shape index (κ3) is 4.53. The molecule has 0 aliphatic heterocycles. The summed E-state index contributed by atoms with van der Waals surface area (Å²) in [5.74, 6) is -1.63. The lowest BCUT2D eigenvalue weighted by Crippen LogP contribution is -2.43. The van der Waals surface area contributed by atoms with Crippen molar-refractivity contribution >= 4 is 11.9 Å². The molecular weight excluding hydrogens is 277 g/mol. The maximum absolute atomic E-state index is 13.7. The van der Waals surface area contributed by atoms with Crippen LogP contribution in [0.5, 0.6) is 0 Å². The van der Waals surface area contributed by atoms with Crippen LogP contribution in [-0.4, -0.2) is 48.2 Å². The fourth-order valence-electron chi connectivity index (χ4n) is 2.00. The number of carbonyl (C=O) groups is 2. The largest absolute Gasteiger partial charge is 0.469 e. The second-order valence-electron chi connectivity index (χ2n) is 4.55. The number of ether oxygens (including phenoxy) is 1. The molecular formula is C15H20FNO4. The summed E-state index contributed by atoms with van der Waals surface area (Å²) in [6.07, 6.45) is 0.491. The molecule has 0 saturated heterocycles. The number of hydrogen-bond donors (Lipinski definition) is 1. The minimum atomic E-state index is -0.627. The van der Waals surface area contributed by atoms with Crippen molar-refractivity contribution in [2.24, 2.45) is 0 Å². The zero-order chi connectivity index (χ0) is 15.8. The zero-order valence-corrected chi connectivity index (χ0v) is 12.2. The molecule has 1 aromatic carbocycles. The average Bonchev–Trinajstić information content (AvgIpc) is 2.50. The molecule has 1 aromatic rings. The van der Waals surface area contributed by atoms with E-state index >= 15 is 0 Å². The zero-order valence-electron chi connectivity index (χ0n) is 12.2. The van der Waals surface area contributed by atoms with E-state index in [-0.39, 0.29) is 25.1 Å². The summed E-state index contributed by atoms with van der Waals surface area (Å²) < 4.78 is 18.3. The smallest absolute Gasteiger partial charge is 0.307 e. The van der Waals surface area contributed by atoms with Crippen LogP contribution in [0.1, 0.15) is 30.1 Å². The summed E-state index contributed by atoms with van der Waals surface area (Å²) in [6.45, 7) is 1.62. The molecule has 116 valence electrons. The molecule has 1 rings (SSSR count). The summed E-state index contributed by atoms with van der Waals surface area (Å²) in [7, 11) is 1.26. The van der Waals surface area contributed by atoms with Gasteiger partial charge in [0.1, 0.15) is 5.82 Å². The van der Waals surface area contributed by atoms with Gasteiger partial charge in [0.25, 0.3) is 5.91 Å². The van der Waals surface area contributed by atoms with Crippen LogP contribution in [0.3, 0.4) is 0 Å². The van der Waals surface area contributed by atoms with Gasteiger partial charge in [-0.25, -0.2) is 4.39 Å². The van der Waals surface area contributed by atoms with Gasteiger partial charge in [0.2, 0.25) is 0 Å². The number of rotatable bonds is 7. The number of amides is 1. The van der Waals surface area contributed by atoms with E-state index in [1.165, 1.54) is 30.2 Å². The summed E-state index contributed by atoms with van der Waals surface area (Å²) in [6, 6.07) is 5.17. The maximum Gasteiger partial charge on any atom is 0.307 e. The highest BCUT2D eigenvalue weighted by molar-refractivity contribution is 5.94. The molecule has 0 saturated carbocycles. The molecule has 1 amide bonds. The minimum absolute atomic E-state index is 0.00675. The fraction of sp³-hybridized carbons (Fsp3) is 0.467. The molecule has 0 heterocycles. The monoisotopic (exact) mass is 297 g/mol. The lowest BCUT2D eigenvalue weighted by Gasteiger charge is -2.29. The van der Waals surface area contributed by atoms with Gasteiger partial charge in [0.05, 0.1) is 31.7 Å². The highest BCUT2D eigenvalue weighted by atomic mass is 19.1. The van der Waals surface area contributed by atoms with Crippen LogP contribution in [-0.2, 0) is 9.53 Å². The van der Waals surface area contributed by atoms with Gasteiger partial charge in [0.15, 0.2) is 0 Å². The van der Waals surface area contributed by atoms with Crippen LogP contribution < -0.4 is 0 Å². The van der Waals surface area contributed by atoms with Crippen molar-refractivity contribution in [3.05, 3.63) is 35.6 Å². The van der Waals surface area contributed by atoms with Gasteiger partial charge in [-0.2, -0.15) is 0 Å². The molecule has 6 heteroatoms. The number of aliphatic hydroxyl groups is 1. The Morgan fingerprint density at radius 1 is 1.38 bits per heavy atom. The number of hydrogen-bond acceptors (Lipinski definition) is 4. The quantitative estimate of drug-likeness (QED) is 0.776. The van der Waals surface area contributed by atoms with Crippen molar-refractivity contribution in [1.29, 1.82) is 0 Å². The highest BCUT2D eigenvalue weighted by Crippen LogP contribution is 2.14. The van der Waals surface area contributed by atoms with Crippen LogP contribution >= 0.6 is 0 Å². The molecule has 1 N–H and O–H groups in total. The Morgan fingerprint density at radius 2 is 2.05 bits per heavy atom. The highest BCUT2D eigenvalue weighted by Gasteiger charge is 2.25. The van der Waals surface area contributed by atoms with Gasteiger partial charge >= 0.3 is 5.97 Å². The maximum atomic E-state index is 13.7. The number of benzene rings is 1. The number of nitrogens with zero attached hydrogens (tertiary/aromatic N) is 1. The van der Waals surface area contributed by atoms with Crippen molar-refractivity contribution in [2.75, 3.05) is 20.3 Å². The van der Waals surface area contributed by atoms with Crippen molar-refractivity contribution in [1.82, 2.24) is 4.90 Å². The predicted molar refractivity (Wildman–Crippen MR) is 75.2 cm³/mol. The molecule has 1 atom stereocenters. The molecule has 0 spiro atoms. The molecule has 1 unspecified atom stereocenters. The number of aliphatic hydroxyl groups excluding tert-OH is 1. The third-order valence-corrected chi connectivity index (χ3v) is 3.27. The second-order valence-corrected chi connectivity index (χ2v) is 4.55. The Morgan fingerprint density at radius 3 is 2.57 bits per heavy atom. The summed E-state index contributed by atoms with van der Waals surface area (Å²) in [5, 5.41) is 9.38. The predicted octanol–water partition coefficient (Wildman–Crippen LogP) is 1.60. The molecule has 0 radical (unpaired) electrons. The normalized spacial score (nSPS) is 11.8. The first-order chi connectivity index (χ1) is 10.0. The molecule has 5 nitrogen and oxygen atoms in total. The number of halogens is 1. The van der Waals surface area contributed by atoms with E-state index in [4.69, 9.17) is 0 Å². The van der Waals surface area contributed by atoms with E-state index in [1.807, 2.05) is 0 Å². The van der Waals surface area contributed by atoms with Crippen LogP contribution in [0.4, 0.5) is 4.39 Å². The van der Waals surface area contributed by atoms with Gasteiger partial charge in [-0.15, -0.1) is 0 Å². The lowest BCUT2D eigenvalue weighted by atomic mass is 10.1. The van der Waals surface area contributed by atoms with E-state index in [0.29, 0.717) is 6.42 Å². The number of carbonyl (C=O) groups excluding carboxylic acids is 2. The number of esters is 1. The van der Waals surface area contributed by atoms with E-state index in [2.05, 4.69) is 4.74 Å². The van der Waals surface area contributed by atoms with Crippen molar-refractivity contribution in [3.63, 3.8) is 0 Å². The fourth-order valence-corrected chi connectivity index (χ4v) is 2.00. The Labute approximate surface area is 123 Å². The third-order valence-electron chi connectivity index (χ3n) is 3.27. The van der Waals surface area contributed by atoms with Gasteiger partial charge in [-0.05, 0) is 18.6 Å². The summed E-state index contributed by atoms with van der Waals surface area (Å²) in [4.78, 5) is 25.0. The molecule has 0 fully saturated rings. The molecule has 0 bridgehead atoms. The van der Waals surface area contributed by atoms with Crippen molar-refractivity contribution in [3.8, 4) is 0 Å². The van der Waals surface area contributed by atoms with Crippen LogP contribution in [0.25, 0.3) is 0 Å². The summed E-state index contributed by atoms with van der Waals surface area (Å²) in [5.41, 5.74) is -0.0748. The van der Waals surface area contributed by atoms with E-state index < -0.39 is 23.7 Å². The first-order valence-corrected chi connectivity index (χ1v) is 6.78. The van der Waals surface area contributed by atoms with Gasteiger partial charge in [-0.3, -0.25) is 9.59 Å². The van der Waals surface area contributed by atoms with E-state index in [1.54, 1.807) is 13.0 Å². The molecule has 0 aliphatic carbocycles. The molecule has 21 heavy (non-hydrogen) atoms.